The molecule has 0 fully saturated rings. The predicted octanol–water partition coefficient (Wildman–Crippen LogP) is 3.70. The largest absolute Gasteiger partial charge is 0.330 e. The number of halogens is 1. The van der Waals surface area contributed by atoms with Gasteiger partial charge in [0.15, 0.2) is 0 Å². The number of hydrogen-bond donors (Lipinski definition) is 1. The number of thioether (sulfide) groups is 1. The molecule has 3 heteroatoms. The molecule has 0 saturated heterocycles. The molecule has 1 rings (SSSR count). The molecule has 1 aromatic rings. The van der Waals surface area contributed by atoms with Crippen LogP contribution in [0.1, 0.15) is 25.3 Å². The molecule has 2 N–H and O–H groups in total. The summed E-state index contributed by atoms with van der Waals surface area (Å²) in [5.74, 6) is 1.05. The van der Waals surface area contributed by atoms with Gasteiger partial charge in [-0.05, 0) is 37.1 Å². The first-order chi connectivity index (χ1) is 7.26. The van der Waals surface area contributed by atoms with E-state index in [1.807, 2.05) is 23.9 Å². The molecule has 1 aromatic carbocycles. The van der Waals surface area contributed by atoms with Gasteiger partial charge in [0.05, 0.1) is 0 Å². The van der Waals surface area contributed by atoms with Gasteiger partial charge < -0.3 is 5.73 Å². The SMILES string of the molecule is CCC(CCN)SCc1ccc(Cl)cc1. The molecule has 84 valence electrons. The van der Waals surface area contributed by atoms with Crippen LogP contribution in [0.2, 0.25) is 5.02 Å². The molecule has 0 amide bonds. The molecular formula is C12H18ClNS. The van der Waals surface area contributed by atoms with E-state index in [4.69, 9.17) is 17.3 Å². The van der Waals surface area contributed by atoms with Gasteiger partial charge in [-0.2, -0.15) is 11.8 Å². The predicted molar refractivity (Wildman–Crippen MR) is 70.5 cm³/mol. The van der Waals surface area contributed by atoms with Crippen LogP contribution in [0.25, 0.3) is 0 Å². The average molecular weight is 244 g/mol. The van der Waals surface area contributed by atoms with E-state index in [2.05, 4.69) is 19.1 Å². The fourth-order valence-electron chi connectivity index (χ4n) is 1.39. The van der Waals surface area contributed by atoms with Crippen molar-refractivity contribution in [3.63, 3.8) is 0 Å². The molecule has 0 aliphatic rings. The molecule has 0 aromatic heterocycles. The van der Waals surface area contributed by atoms with Crippen molar-refractivity contribution in [3.8, 4) is 0 Å². The first-order valence-electron chi connectivity index (χ1n) is 5.32. The summed E-state index contributed by atoms with van der Waals surface area (Å²) in [6.45, 7) is 3.00. The summed E-state index contributed by atoms with van der Waals surface area (Å²) in [7, 11) is 0. The van der Waals surface area contributed by atoms with Gasteiger partial charge in [-0.1, -0.05) is 30.7 Å². The summed E-state index contributed by atoms with van der Waals surface area (Å²) in [5, 5.41) is 1.49. The van der Waals surface area contributed by atoms with Crippen molar-refractivity contribution in [1.82, 2.24) is 0 Å². The molecule has 0 saturated carbocycles. The Hall–Kier alpha value is -0.180. The maximum atomic E-state index is 5.83. The Balaban J connectivity index is 2.38. The second-order valence-corrected chi connectivity index (χ2v) is 5.27. The Morgan fingerprint density at radius 3 is 2.53 bits per heavy atom. The fraction of sp³-hybridized carbons (Fsp3) is 0.500. The van der Waals surface area contributed by atoms with Gasteiger partial charge in [0.2, 0.25) is 0 Å². The van der Waals surface area contributed by atoms with E-state index in [1.54, 1.807) is 0 Å². The Morgan fingerprint density at radius 2 is 2.00 bits per heavy atom. The summed E-state index contributed by atoms with van der Waals surface area (Å²) in [5.41, 5.74) is 6.90. The van der Waals surface area contributed by atoms with Crippen LogP contribution in [0.3, 0.4) is 0 Å². The molecule has 1 atom stereocenters. The van der Waals surface area contributed by atoms with Gasteiger partial charge in [0, 0.05) is 16.0 Å². The monoisotopic (exact) mass is 243 g/mol. The zero-order valence-electron chi connectivity index (χ0n) is 9.08. The van der Waals surface area contributed by atoms with Gasteiger partial charge in [-0.25, -0.2) is 0 Å². The number of nitrogens with two attached hydrogens (primary N) is 1. The van der Waals surface area contributed by atoms with E-state index < -0.39 is 0 Å². The van der Waals surface area contributed by atoms with Gasteiger partial charge in [0.25, 0.3) is 0 Å². The third-order valence-corrected chi connectivity index (χ3v) is 4.14. The summed E-state index contributed by atoms with van der Waals surface area (Å²) < 4.78 is 0. The van der Waals surface area contributed by atoms with Crippen LogP contribution in [-0.4, -0.2) is 11.8 Å². The molecule has 1 unspecified atom stereocenters. The summed E-state index contributed by atoms with van der Waals surface area (Å²) in [6.07, 6.45) is 2.30. The van der Waals surface area contributed by atoms with Crippen molar-refractivity contribution in [2.75, 3.05) is 6.54 Å². The highest BCUT2D eigenvalue weighted by molar-refractivity contribution is 7.99. The average Bonchev–Trinajstić information content (AvgIpc) is 2.26. The number of hydrogen-bond acceptors (Lipinski definition) is 2. The maximum Gasteiger partial charge on any atom is 0.0406 e. The quantitative estimate of drug-likeness (QED) is 0.825. The van der Waals surface area contributed by atoms with Gasteiger partial charge in [-0.3, -0.25) is 0 Å². The Labute approximate surface area is 101 Å². The van der Waals surface area contributed by atoms with E-state index in [0.717, 1.165) is 23.7 Å². The highest BCUT2D eigenvalue weighted by Crippen LogP contribution is 2.23. The topological polar surface area (TPSA) is 26.0 Å². The third kappa shape index (κ3) is 4.92. The standard InChI is InChI=1S/C12H18ClNS/c1-2-12(7-8-14)15-9-10-3-5-11(13)6-4-10/h3-6,12H,2,7-9,14H2,1H3. The van der Waals surface area contributed by atoms with E-state index >= 15 is 0 Å². The van der Waals surface area contributed by atoms with Crippen molar-refractivity contribution >= 4 is 23.4 Å². The highest BCUT2D eigenvalue weighted by atomic mass is 35.5. The summed E-state index contributed by atoms with van der Waals surface area (Å²) in [4.78, 5) is 0. The van der Waals surface area contributed by atoms with Crippen LogP contribution < -0.4 is 5.73 Å². The molecule has 0 bridgehead atoms. The Morgan fingerprint density at radius 1 is 1.33 bits per heavy atom. The van der Waals surface area contributed by atoms with E-state index in [9.17, 15) is 0 Å². The van der Waals surface area contributed by atoms with E-state index in [-0.39, 0.29) is 0 Å². The number of benzene rings is 1. The van der Waals surface area contributed by atoms with Gasteiger partial charge in [-0.15, -0.1) is 0 Å². The Bertz CT molecular complexity index is 273. The lowest BCUT2D eigenvalue weighted by Crippen LogP contribution is -2.09. The molecular weight excluding hydrogens is 226 g/mol. The molecule has 0 heterocycles. The third-order valence-electron chi connectivity index (χ3n) is 2.34. The van der Waals surface area contributed by atoms with Crippen molar-refractivity contribution in [3.05, 3.63) is 34.9 Å². The minimum absolute atomic E-state index is 0.686. The first-order valence-corrected chi connectivity index (χ1v) is 6.75. The highest BCUT2D eigenvalue weighted by Gasteiger charge is 2.05. The second-order valence-electron chi connectivity index (χ2n) is 3.55. The lowest BCUT2D eigenvalue weighted by Gasteiger charge is -2.12. The van der Waals surface area contributed by atoms with E-state index in [1.165, 1.54) is 12.0 Å². The molecule has 0 aliphatic heterocycles. The lowest BCUT2D eigenvalue weighted by molar-refractivity contribution is 0.745. The zero-order chi connectivity index (χ0) is 11.1. The normalized spacial score (nSPS) is 12.7. The Kier molecular flexibility index (Phi) is 6.15. The smallest absolute Gasteiger partial charge is 0.0406 e. The van der Waals surface area contributed by atoms with Crippen LogP contribution in [-0.2, 0) is 5.75 Å². The van der Waals surface area contributed by atoms with Crippen molar-refractivity contribution in [2.45, 2.75) is 30.8 Å². The molecule has 0 radical (unpaired) electrons. The minimum Gasteiger partial charge on any atom is -0.330 e. The fourth-order valence-corrected chi connectivity index (χ4v) is 2.67. The maximum absolute atomic E-state index is 5.83. The summed E-state index contributed by atoms with van der Waals surface area (Å²) >= 11 is 7.81. The second kappa shape index (κ2) is 7.15. The van der Waals surface area contributed by atoms with Crippen LogP contribution in [0.4, 0.5) is 0 Å². The molecule has 0 aliphatic carbocycles. The first kappa shape index (κ1) is 12.9. The van der Waals surface area contributed by atoms with E-state index in [0.29, 0.717) is 5.25 Å². The number of rotatable bonds is 6. The zero-order valence-corrected chi connectivity index (χ0v) is 10.7. The molecule has 15 heavy (non-hydrogen) atoms. The van der Waals surface area contributed by atoms with Crippen LogP contribution in [0, 0.1) is 0 Å². The van der Waals surface area contributed by atoms with Crippen LogP contribution >= 0.6 is 23.4 Å². The van der Waals surface area contributed by atoms with Gasteiger partial charge in [0.1, 0.15) is 0 Å². The summed E-state index contributed by atoms with van der Waals surface area (Å²) in [6, 6.07) is 8.07. The molecule has 1 nitrogen and oxygen atoms in total. The van der Waals surface area contributed by atoms with Crippen molar-refractivity contribution < 1.29 is 0 Å². The van der Waals surface area contributed by atoms with Crippen LogP contribution in [0.15, 0.2) is 24.3 Å². The van der Waals surface area contributed by atoms with Gasteiger partial charge >= 0.3 is 0 Å². The minimum atomic E-state index is 0.686. The molecule has 0 spiro atoms. The lowest BCUT2D eigenvalue weighted by atomic mass is 10.2. The van der Waals surface area contributed by atoms with Crippen molar-refractivity contribution in [2.24, 2.45) is 5.73 Å². The van der Waals surface area contributed by atoms with Crippen molar-refractivity contribution in [1.29, 1.82) is 0 Å². The van der Waals surface area contributed by atoms with Crippen LogP contribution in [0.5, 0.6) is 0 Å².